The molecule has 1 aromatic rings. The minimum atomic E-state index is 0.871. The van der Waals surface area contributed by atoms with Gasteiger partial charge in [0.1, 0.15) is 0 Å². The van der Waals surface area contributed by atoms with Crippen LogP contribution in [0.25, 0.3) is 0 Å². The van der Waals surface area contributed by atoms with E-state index in [4.69, 9.17) is 0 Å². The first-order valence-electron chi connectivity index (χ1n) is 6.90. The molecule has 92 valence electrons. The minimum Gasteiger partial charge on any atom is -0.316 e. The smallest absolute Gasteiger partial charge is 0.0236 e. The first-order chi connectivity index (χ1) is 8.42. The molecule has 1 N–H and O–H groups in total. The predicted octanol–water partition coefficient (Wildman–Crippen LogP) is 2.26. The maximum absolute atomic E-state index is 3.47. The second-order valence-corrected chi connectivity index (χ2v) is 5.51. The van der Waals surface area contributed by atoms with E-state index in [-0.39, 0.29) is 0 Å². The van der Waals surface area contributed by atoms with E-state index in [0.29, 0.717) is 0 Å². The molecule has 0 bridgehead atoms. The fourth-order valence-electron chi connectivity index (χ4n) is 2.80. The molecule has 0 amide bonds. The average Bonchev–Trinajstić information content (AvgIpc) is 3.09. The van der Waals surface area contributed by atoms with Gasteiger partial charge in [0.15, 0.2) is 0 Å². The summed E-state index contributed by atoms with van der Waals surface area (Å²) in [6.45, 7) is 4.86. The molecule has 1 heterocycles. The van der Waals surface area contributed by atoms with Crippen LogP contribution in [0.2, 0.25) is 0 Å². The van der Waals surface area contributed by atoms with Crippen molar-refractivity contribution in [1.82, 2.24) is 10.2 Å². The van der Waals surface area contributed by atoms with Crippen LogP contribution in [0.15, 0.2) is 30.3 Å². The average molecular weight is 230 g/mol. The van der Waals surface area contributed by atoms with E-state index < -0.39 is 0 Å². The topological polar surface area (TPSA) is 15.3 Å². The van der Waals surface area contributed by atoms with E-state index in [1.54, 1.807) is 0 Å². The molecule has 2 aliphatic rings. The SMILES string of the molecule is c1ccc(CN(CC2CCNC2)C2CC2)cc1. The molecule has 1 aromatic carbocycles. The summed E-state index contributed by atoms with van der Waals surface area (Å²) in [6.07, 6.45) is 4.18. The molecule has 1 saturated carbocycles. The van der Waals surface area contributed by atoms with Crippen molar-refractivity contribution in [2.24, 2.45) is 5.92 Å². The summed E-state index contributed by atoms with van der Waals surface area (Å²) in [4.78, 5) is 2.70. The lowest BCUT2D eigenvalue weighted by Crippen LogP contribution is -2.32. The zero-order valence-electron chi connectivity index (χ0n) is 10.4. The first kappa shape index (κ1) is 11.2. The van der Waals surface area contributed by atoms with E-state index in [9.17, 15) is 0 Å². The van der Waals surface area contributed by atoms with Gasteiger partial charge in [0.05, 0.1) is 0 Å². The summed E-state index contributed by atoms with van der Waals surface area (Å²) in [6, 6.07) is 11.8. The standard InChI is InChI=1S/C15H22N2/c1-2-4-13(5-3-1)11-17(15-6-7-15)12-14-8-9-16-10-14/h1-5,14-16H,6-12H2. The van der Waals surface area contributed by atoms with Gasteiger partial charge in [0.25, 0.3) is 0 Å². The fraction of sp³-hybridized carbons (Fsp3) is 0.600. The zero-order chi connectivity index (χ0) is 11.5. The molecular weight excluding hydrogens is 208 g/mol. The number of nitrogens with one attached hydrogen (secondary N) is 1. The molecule has 2 heteroatoms. The summed E-state index contributed by atoms with van der Waals surface area (Å²) >= 11 is 0. The lowest BCUT2D eigenvalue weighted by atomic mass is 10.1. The Balaban J connectivity index is 1.60. The second kappa shape index (κ2) is 5.19. The number of hydrogen-bond acceptors (Lipinski definition) is 2. The van der Waals surface area contributed by atoms with Crippen LogP contribution in [-0.4, -0.2) is 30.6 Å². The molecule has 1 unspecified atom stereocenters. The van der Waals surface area contributed by atoms with Crippen LogP contribution in [0, 0.1) is 5.92 Å². The Morgan fingerprint density at radius 3 is 2.59 bits per heavy atom. The molecule has 3 rings (SSSR count). The van der Waals surface area contributed by atoms with Crippen LogP contribution in [0.1, 0.15) is 24.8 Å². The number of nitrogens with zero attached hydrogens (tertiary/aromatic N) is 1. The van der Waals surface area contributed by atoms with E-state index in [1.807, 2.05) is 0 Å². The molecule has 1 saturated heterocycles. The largest absolute Gasteiger partial charge is 0.316 e. The third-order valence-corrected chi connectivity index (χ3v) is 3.95. The highest BCUT2D eigenvalue weighted by molar-refractivity contribution is 5.15. The Labute approximate surface area is 104 Å². The molecule has 1 aliphatic heterocycles. The highest BCUT2D eigenvalue weighted by atomic mass is 15.2. The van der Waals surface area contributed by atoms with Gasteiger partial charge in [0.2, 0.25) is 0 Å². The van der Waals surface area contributed by atoms with Crippen LogP contribution in [0.4, 0.5) is 0 Å². The molecule has 1 atom stereocenters. The molecule has 17 heavy (non-hydrogen) atoms. The van der Waals surface area contributed by atoms with Gasteiger partial charge in [-0.25, -0.2) is 0 Å². The lowest BCUT2D eigenvalue weighted by Gasteiger charge is -2.25. The normalized spacial score (nSPS) is 24.4. The van der Waals surface area contributed by atoms with Crippen molar-refractivity contribution in [3.8, 4) is 0 Å². The summed E-state index contributed by atoms with van der Waals surface area (Å²) in [5.41, 5.74) is 1.46. The van der Waals surface area contributed by atoms with E-state index in [2.05, 4.69) is 40.5 Å². The Morgan fingerprint density at radius 2 is 1.94 bits per heavy atom. The number of rotatable bonds is 5. The van der Waals surface area contributed by atoms with Crippen molar-refractivity contribution in [2.45, 2.75) is 31.8 Å². The summed E-state index contributed by atoms with van der Waals surface area (Å²) in [5, 5.41) is 3.47. The molecule has 0 aromatic heterocycles. The van der Waals surface area contributed by atoms with Crippen molar-refractivity contribution in [1.29, 1.82) is 0 Å². The maximum atomic E-state index is 3.47. The number of hydrogen-bond donors (Lipinski definition) is 1. The lowest BCUT2D eigenvalue weighted by molar-refractivity contribution is 0.219. The summed E-state index contributed by atoms with van der Waals surface area (Å²) in [7, 11) is 0. The predicted molar refractivity (Wildman–Crippen MR) is 70.9 cm³/mol. The van der Waals surface area contributed by atoms with Crippen molar-refractivity contribution in [3.05, 3.63) is 35.9 Å². The van der Waals surface area contributed by atoms with Gasteiger partial charge in [-0.05, 0) is 43.8 Å². The molecule has 0 radical (unpaired) electrons. The third-order valence-electron chi connectivity index (χ3n) is 3.95. The van der Waals surface area contributed by atoms with Gasteiger partial charge >= 0.3 is 0 Å². The van der Waals surface area contributed by atoms with Crippen molar-refractivity contribution < 1.29 is 0 Å². The van der Waals surface area contributed by atoms with Gasteiger partial charge in [-0.3, -0.25) is 4.90 Å². The Bertz CT molecular complexity index is 339. The second-order valence-electron chi connectivity index (χ2n) is 5.51. The van der Waals surface area contributed by atoms with E-state index in [1.165, 1.54) is 44.5 Å². The minimum absolute atomic E-state index is 0.871. The number of benzene rings is 1. The molecular formula is C15H22N2. The van der Waals surface area contributed by atoms with Gasteiger partial charge in [-0.1, -0.05) is 30.3 Å². The summed E-state index contributed by atoms with van der Waals surface area (Å²) < 4.78 is 0. The first-order valence-corrected chi connectivity index (χ1v) is 6.90. The van der Waals surface area contributed by atoms with Gasteiger partial charge in [-0.2, -0.15) is 0 Å². The fourth-order valence-corrected chi connectivity index (χ4v) is 2.80. The molecule has 0 spiro atoms. The van der Waals surface area contributed by atoms with Crippen LogP contribution in [0.3, 0.4) is 0 Å². The Hall–Kier alpha value is -0.860. The van der Waals surface area contributed by atoms with Gasteiger partial charge < -0.3 is 5.32 Å². The van der Waals surface area contributed by atoms with Crippen LogP contribution >= 0.6 is 0 Å². The van der Waals surface area contributed by atoms with Crippen molar-refractivity contribution in [3.63, 3.8) is 0 Å². The van der Waals surface area contributed by atoms with Crippen LogP contribution in [0.5, 0.6) is 0 Å². The van der Waals surface area contributed by atoms with E-state index >= 15 is 0 Å². The monoisotopic (exact) mass is 230 g/mol. The van der Waals surface area contributed by atoms with Crippen LogP contribution < -0.4 is 5.32 Å². The van der Waals surface area contributed by atoms with Gasteiger partial charge in [0, 0.05) is 19.1 Å². The van der Waals surface area contributed by atoms with Crippen molar-refractivity contribution >= 4 is 0 Å². The highest BCUT2D eigenvalue weighted by Gasteiger charge is 2.31. The summed E-state index contributed by atoms with van der Waals surface area (Å²) in [5.74, 6) is 0.874. The van der Waals surface area contributed by atoms with Gasteiger partial charge in [-0.15, -0.1) is 0 Å². The third kappa shape index (κ3) is 3.08. The van der Waals surface area contributed by atoms with Crippen LogP contribution in [-0.2, 0) is 6.54 Å². The maximum Gasteiger partial charge on any atom is 0.0236 e. The molecule has 2 fully saturated rings. The highest BCUT2D eigenvalue weighted by Crippen LogP contribution is 2.29. The van der Waals surface area contributed by atoms with Crippen molar-refractivity contribution in [2.75, 3.05) is 19.6 Å². The zero-order valence-corrected chi connectivity index (χ0v) is 10.4. The van der Waals surface area contributed by atoms with E-state index in [0.717, 1.165) is 18.5 Å². The Kier molecular flexibility index (Phi) is 3.44. The quantitative estimate of drug-likeness (QED) is 0.834. The molecule has 2 nitrogen and oxygen atoms in total. The Morgan fingerprint density at radius 1 is 1.12 bits per heavy atom. The molecule has 1 aliphatic carbocycles.